The van der Waals surface area contributed by atoms with Gasteiger partial charge >= 0.3 is 5.97 Å². The van der Waals surface area contributed by atoms with Crippen molar-refractivity contribution in [3.63, 3.8) is 0 Å². The minimum Gasteiger partial charge on any atom is -0.469 e. The Bertz CT molecular complexity index is 585. The molecule has 0 aliphatic heterocycles. The van der Waals surface area contributed by atoms with Crippen molar-refractivity contribution in [2.24, 2.45) is 23.5 Å². The highest BCUT2D eigenvalue weighted by Crippen LogP contribution is 2.42. The summed E-state index contributed by atoms with van der Waals surface area (Å²) in [7, 11) is 1.38. The van der Waals surface area contributed by atoms with E-state index in [1.54, 1.807) is 0 Å². The van der Waals surface area contributed by atoms with Crippen LogP contribution in [0, 0.1) is 17.8 Å². The Morgan fingerprint density at radius 3 is 2.38 bits per heavy atom. The summed E-state index contributed by atoms with van der Waals surface area (Å²) in [4.78, 5) is 23.9. The minimum atomic E-state index is -0.267. The zero-order valence-electron chi connectivity index (χ0n) is 14.2. The normalized spacial score (nSPS) is 28.9. The number of nitrogens with two attached hydrogens (primary N) is 1. The molecule has 2 aliphatic rings. The van der Waals surface area contributed by atoms with Gasteiger partial charge in [0.05, 0.1) is 13.5 Å². The molecule has 0 spiro atoms. The predicted molar refractivity (Wildman–Crippen MR) is 92.3 cm³/mol. The molecule has 5 nitrogen and oxygen atoms in total. The highest BCUT2D eigenvalue weighted by molar-refractivity contribution is 5.92. The molecule has 2 fully saturated rings. The van der Waals surface area contributed by atoms with Gasteiger partial charge in [0.2, 0.25) is 5.91 Å². The Morgan fingerprint density at radius 2 is 1.79 bits per heavy atom. The molecular formula is C19H26N2O3. The van der Waals surface area contributed by atoms with E-state index in [1.807, 2.05) is 24.3 Å². The Kier molecular flexibility index (Phi) is 5.19. The number of carbonyl (C=O) groups is 2. The van der Waals surface area contributed by atoms with Crippen molar-refractivity contribution in [2.45, 2.75) is 44.6 Å². The van der Waals surface area contributed by atoms with Gasteiger partial charge in [0, 0.05) is 17.6 Å². The van der Waals surface area contributed by atoms with Crippen molar-refractivity contribution in [1.29, 1.82) is 0 Å². The number of hydrogen-bond acceptors (Lipinski definition) is 4. The van der Waals surface area contributed by atoms with Gasteiger partial charge in [-0.3, -0.25) is 9.59 Å². The van der Waals surface area contributed by atoms with Crippen LogP contribution in [0.15, 0.2) is 24.3 Å². The summed E-state index contributed by atoms with van der Waals surface area (Å²) in [5.74, 6) is 0.887. The number of benzene rings is 1. The Morgan fingerprint density at radius 1 is 1.17 bits per heavy atom. The van der Waals surface area contributed by atoms with E-state index in [-0.39, 0.29) is 30.3 Å². The first-order chi connectivity index (χ1) is 11.6. The van der Waals surface area contributed by atoms with E-state index in [4.69, 9.17) is 5.73 Å². The summed E-state index contributed by atoms with van der Waals surface area (Å²) in [6.45, 7) is 0. The van der Waals surface area contributed by atoms with E-state index in [1.165, 1.54) is 13.5 Å². The molecule has 2 saturated carbocycles. The van der Waals surface area contributed by atoms with Crippen LogP contribution in [0.2, 0.25) is 0 Å². The lowest BCUT2D eigenvalue weighted by molar-refractivity contribution is -0.139. The molecular weight excluding hydrogens is 304 g/mol. The zero-order valence-corrected chi connectivity index (χ0v) is 14.2. The molecule has 1 aromatic rings. The molecule has 2 bridgehead atoms. The number of hydrogen-bond donors (Lipinski definition) is 2. The van der Waals surface area contributed by atoms with Crippen LogP contribution in [-0.2, 0) is 20.7 Å². The first-order valence-corrected chi connectivity index (χ1v) is 8.79. The molecule has 0 radical (unpaired) electrons. The quantitative estimate of drug-likeness (QED) is 0.831. The SMILES string of the molecule is COC(=O)Cc1ccc(NC(=O)C2CC3CCCC(C2)C3N)cc1. The second kappa shape index (κ2) is 7.34. The van der Waals surface area contributed by atoms with E-state index in [9.17, 15) is 9.59 Å². The van der Waals surface area contributed by atoms with E-state index >= 15 is 0 Å². The smallest absolute Gasteiger partial charge is 0.309 e. The molecule has 3 N–H and O–H groups in total. The van der Waals surface area contributed by atoms with Crippen LogP contribution in [-0.4, -0.2) is 25.0 Å². The van der Waals surface area contributed by atoms with Crippen molar-refractivity contribution in [1.82, 2.24) is 0 Å². The van der Waals surface area contributed by atoms with Gasteiger partial charge in [0.25, 0.3) is 0 Å². The van der Waals surface area contributed by atoms with Crippen LogP contribution < -0.4 is 11.1 Å². The third-order valence-electron chi connectivity index (χ3n) is 5.58. The van der Waals surface area contributed by atoms with E-state index < -0.39 is 0 Å². The fourth-order valence-electron chi connectivity index (χ4n) is 4.19. The number of carbonyl (C=O) groups excluding carboxylic acids is 2. The zero-order chi connectivity index (χ0) is 17.1. The van der Waals surface area contributed by atoms with Gasteiger partial charge in [0.1, 0.15) is 0 Å². The molecule has 5 heteroatoms. The Hall–Kier alpha value is -1.88. The molecule has 3 rings (SSSR count). The van der Waals surface area contributed by atoms with Crippen LogP contribution in [0.25, 0.3) is 0 Å². The summed E-state index contributed by atoms with van der Waals surface area (Å²) >= 11 is 0. The first-order valence-electron chi connectivity index (χ1n) is 8.79. The molecule has 130 valence electrons. The van der Waals surface area contributed by atoms with Gasteiger partial charge in [-0.25, -0.2) is 0 Å². The Labute approximate surface area is 142 Å². The summed E-state index contributed by atoms with van der Waals surface area (Å²) in [6, 6.07) is 7.65. The molecule has 24 heavy (non-hydrogen) atoms. The molecule has 1 amide bonds. The Balaban J connectivity index is 1.58. The van der Waals surface area contributed by atoms with Crippen molar-refractivity contribution >= 4 is 17.6 Å². The average molecular weight is 330 g/mol. The number of ether oxygens (including phenoxy) is 1. The topological polar surface area (TPSA) is 81.4 Å². The number of nitrogens with one attached hydrogen (secondary N) is 1. The predicted octanol–water partition coefficient (Wildman–Crippen LogP) is 2.49. The fourth-order valence-corrected chi connectivity index (χ4v) is 4.19. The van der Waals surface area contributed by atoms with E-state index in [2.05, 4.69) is 10.1 Å². The summed E-state index contributed by atoms with van der Waals surface area (Å²) in [5, 5.41) is 3.01. The van der Waals surface area contributed by atoms with Crippen LogP contribution in [0.1, 0.15) is 37.7 Å². The van der Waals surface area contributed by atoms with Gasteiger partial charge in [-0.1, -0.05) is 18.6 Å². The monoisotopic (exact) mass is 330 g/mol. The summed E-state index contributed by atoms with van der Waals surface area (Å²) in [5.41, 5.74) is 7.94. The standard InChI is InChI=1S/C19H26N2O3/c1-24-17(22)9-12-5-7-16(8-6-12)21-19(23)15-10-13-3-2-4-14(11-15)18(13)20/h5-8,13-15,18H,2-4,9-11,20H2,1H3,(H,21,23). The number of methoxy groups -OCH3 is 1. The molecule has 2 atom stereocenters. The number of anilines is 1. The highest BCUT2D eigenvalue weighted by Gasteiger charge is 2.40. The number of esters is 1. The summed E-state index contributed by atoms with van der Waals surface area (Å²) in [6.07, 6.45) is 5.62. The molecule has 2 aliphatic carbocycles. The molecule has 2 unspecified atom stereocenters. The summed E-state index contributed by atoms with van der Waals surface area (Å²) < 4.78 is 4.65. The third-order valence-corrected chi connectivity index (χ3v) is 5.58. The van der Waals surface area contributed by atoms with Crippen molar-refractivity contribution < 1.29 is 14.3 Å². The average Bonchev–Trinajstić information content (AvgIpc) is 2.56. The van der Waals surface area contributed by atoms with Crippen LogP contribution in [0.3, 0.4) is 0 Å². The third kappa shape index (κ3) is 3.78. The van der Waals surface area contributed by atoms with Gasteiger partial charge in [-0.15, -0.1) is 0 Å². The largest absolute Gasteiger partial charge is 0.469 e. The van der Waals surface area contributed by atoms with Gasteiger partial charge in [-0.2, -0.15) is 0 Å². The van der Waals surface area contributed by atoms with Crippen LogP contribution >= 0.6 is 0 Å². The van der Waals surface area contributed by atoms with Gasteiger partial charge < -0.3 is 15.8 Å². The highest BCUT2D eigenvalue weighted by atomic mass is 16.5. The lowest BCUT2D eigenvalue weighted by Crippen LogP contribution is -2.48. The maximum atomic E-state index is 12.6. The first kappa shape index (κ1) is 17.0. The van der Waals surface area contributed by atoms with Gasteiger partial charge in [-0.05, 0) is 55.2 Å². The second-order valence-corrected chi connectivity index (χ2v) is 7.14. The van der Waals surface area contributed by atoms with E-state index in [0.717, 1.165) is 36.9 Å². The number of rotatable bonds is 4. The van der Waals surface area contributed by atoms with Crippen molar-refractivity contribution in [3.05, 3.63) is 29.8 Å². The fraction of sp³-hybridized carbons (Fsp3) is 0.579. The number of amides is 1. The number of fused-ring (bicyclic) bond motifs is 2. The minimum absolute atomic E-state index is 0.0647. The van der Waals surface area contributed by atoms with Crippen molar-refractivity contribution in [3.8, 4) is 0 Å². The maximum absolute atomic E-state index is 12.6. The van der Waals surface area contributed by atoms with Crippen LogP contribution in [0.4, 0.5) is 5.69 Å². The second-order valence-electron chi connectivity index (χ2n) is 7.14. The lowest BCUT2D eigenvalue weighted by atomic mass is 9.65. The molecule has 0 saturated heterocycles. The molecule has 1 aromatic carbocycles. The molecule has 0 aromatic heterocycles. The van der Waals surface area contributed by atoms with Gasteiger partial charge in [0.15, 0.2) is 0 Å². The lowest BCUT2D eigenvalue weighted by Gasteiger charge is -2.43. The molecule has 0 heterocycles. The van der Waals surface area contributed by atoms with Crippen LogP contribution in [0.5, 0.6) is 0 Å². The maximum Gasteiger partial charge on any atom is 0.309 e. The van der Waals surface area contributed by atoms with Crippen molar-refractivity contribution in [2.75, 3.05) is 12.4 Å². The van der Waals surface area contributed by atoms with E-state index in [0.29, 0.717) is 11.8 Å².